The smallest absolute Gasteiger partial charge is 0.418 e. The molecule has 13 heteroatoms. The first-order chi connectivity index (χ1) is 18.8. The molecule has 0 fully saturated rings. The van der Waals surface area contributed by atoms with Crippen LogP contribution in [0.15, 0.2) is 67.3 Å². The van der Waals surface area contributed by atoms with Gasteiger partial charge in [-0.05, 0) is 25.0 Å². The van der Waals surface area contributed by atoms with Crippen LogP contribution < -0.4 is 9.13 Å². The minimum Gasteiger partial charge on any atom is -0.418 e. The maximum Gasteiger partial charge on any atom is 0.673 e. The lowest BCUT2D eigenvalue weighted by molar-refractivity contribution is -0.697. The van der Waals surface area contributed by atoms with Crippen LogP contribution in [0.1, 0.15) is 65.2 Å². The number of pyridine rings is 3. The summed E-state index contributed by atoms with van der Waals surface area (Å²) in [4.78, 5) is 4.93. The van der Waals surface area contributed by atoms with Gasteiger partial charge in [0, 0.05) is 48.2 Å². The predicted octanol–water partition coefficient (Wildman–Crippen LogP) is 8.75. The van der Waals surface area contributed by atoms with Crippen molar-refractivity contribution in [3.63, 3.8) is 0 Å². The highest BCUT2D eigenvalue weighted by Crippen LogP contribution is 2.21. The Kier molecular flexibility index (Phi) is 16.1. The Morgan fingerprint density at radius 2 is 0.850 bits per heavy atom. The Labute approximate surface area is 231 Å². The summed E-state index contributed by atoms with van der Waals surface area (Å²) in [5, 5.41) is 0. The van der Waals surface area contributed by atoms with Crippen molar-refractivity contribution in [2.24, 2.45) is 0 Å². The second kappa shape index (κ2) is 18.4. The molecule has 0 atom stereocenters. The first kappa shape index (κ1) is 35.0. The molecule has 0 N–H and O–H groups in total. The number of rotatable bonds is 12. The highest BCUT2D eigenvalue weighted by Gasteiger charge is 2.21. The zero-order chi connectivity index (χ0) is 30.0. The molecule has 3 aromatic rings. The third kappa shape index (κ3) is 18.3. The molecule has 3 rings (SSSR count). The molecule has 222 valence electrons. The zero-order valence-electron chi connectivity index (χ0n) is 22.9. The minimum atomic E-state index is -6.00. The summed E-state index contributed by atoms with van der Waals surface area (Å²) in [6, 6.07) is 15.0. The Balaban J connectivity index is 0.000000686. The fourth-order valence-electron chi connectivity index (χ4n) is 3.75. The molecule has 0 aliphatic rings. The summed E-state index contributed by atoms with van der Waals surface area (Å²) in [6.45, 7) is 6.70. The monoisotopic (exact) mass is 577 g/mol. The third-order valence-electron chi connectivity index (χ3n) is 5.66. The highest BCUT2D eigenvalue weighted by molar-refractivity contribution is 6.50. The topological polar surface area (TPSA) is 20.6 Å². The van der Waals surface area contributed by atoms with E-state index in [9.17, 15) is 34.5 Å². The maximum atomic E-state index is 9.75. The predicted molar refractivity (Wildman–Crippen MR) is 144 cm³/mol. The van der Waals surface area contributed by atoms with Gasteiger partial charge in [-0.2, -0.15) is 0 Å². The van der Waals surface area contributed by atoms with Gasteiger partial charge in [0.05, 0.1) is 11.4 Å². The summed E-state index contributed by atoms with van der Waals surface area (Å²) in [5.41, 5.74) is 4.40. The molecule has 0 radical (unpaired) electrons. The van der Waals surface area contributed by atoms with Crippen LogP contribution in [0.5, 0.6) is 0 Å². The van der Waals surface area contributed by atoms with Crippen molar-refractivity contribution in [1.82, 2.24) is 4.98 Å². The molecule has 0 saturated heterocycles. The molecular formula is C27H37B2F8N3. The van der Waals surface area contributed by atoms with Gasteiger partial charge in [-0.15, -0.1) is 0 Å². The lowest BCUT2D eigenvalue weighted by Gasteiger charge is -2.05. The van der Waals surface area contributed by atoms with E-state index in [2.05, 4.69) is 90.2 Å². The van der Waals surface area contributed by atoms with Crippen LogP contribution in [0.4, 0.5) is 34.5 Å². The zero-order valence-corrected chi connectivity index (χ0v) is 22.9. The van der Waals surface area contributed by atoms with Crippen molar-refractivity contribution in [1.29, 1.82) is 0 Å². The molecule has 0 amide bonds. The molecule has 0 spiro atoms. The van der Waals surface area contributed by atoms with E-state index in [0.29, 0.717) is 0 Å². The number of aromatic nitrogens is 3. The summed E-state index contributed by atoms with van der Waals surface area (Å²) in [6.07, 6.45) is 19.1. The summed E-state index contributed by atoms with van der Waals surface area (Å²) in [5.74, 6) is 0. The van der Waals surface area contributed by atoms with E-state index < -0.39 is 14.5 Å². The van der Waals surface area contributed by atoms with E-state index in [1.165, 1.54) is 62.5 Å². The molecular weight excluding hydrogens is 540 g/mol. The quantitative estimate of drug-likeness (QED) is 0.0913. The second-order valence-electron chi connectivity index (χ2n) is 9.17. The Hall–Kier alpha value is -2.98. The summed E-state index contributed by atoms with van der Waals surface area (Å²) in [7, 11) is -12.0. The van der Waals surface area contributed by atoms with Crippen LogP contribution in [0.2, 0.25) is 0 Å². The van der Waals surface area contributed by atoms with Crippen molar-refractivity contribution >= 4 is 14.5 Å². The van der Waals surface area contributed by atoms with Gasteiger partial charge >= 0.3 is 14.5 Å². The number of hydrogen-bond donors (Lipinski definition) is 0. The summed E-state index contributed by atoms with van der Waals surface area (Å²) < 4.78 is 82.6. The van der Waals surface area contributed by atoms with Crippen molar-refractivity contribution in [2.75, 3.05) is 0 Å². The average Bonchev–Trinajstić information content (AvgIpc) is 2.88. The number of halogens is 8. The SMILES string of the molecule is CCCCCC[n+]1ccc(-c2cccc(-c3cc[n+](CCCCCC)cc3)n2)cc1.F[B-](F)(F)F.F[B-](F)(F)F. The Morgan fingerprint density at radius 3 is 1.15 bits per heavy atom. The van der Waals surface area contributed by atoms with E-state index in [0.717, 1.165) is 24.5 Å². The molecule has 0 unspecified atom stereocenters. The van der Waals surface area contributed by atoms with Crippen LogP contribution in [0.3, 0.4) is 0 Å². The fourth-order valence-corrected chi connectivity index (χ4v) is 3.75. The van der Waals surface area contributed by atoms with Gasteiger partial charge < -0.3 is 34.5 Å². The largest absolute Gasteiger partial charge is 0.673 e. The van der Waals surface area contributed by atoms with Crippen LogP contribution in [-0.4, -0.2) is 19.5 Å². The minimum absolute atomic E-state index is 1.03. The highest BCUT2D eigenvalue weighted by atomic mass is 19.5. The Bertz CT molecular complexity index is 982. The first-order valence-corrected chi connectivity index (χ1v) is 13.5. The molecule has 0 aromatic carbocycles. The van der Waals surface area contributed by atoms with E-state index in [-0.39, 0.29) is 0 Å². The average molecular weight is 577 g/mol. The molecule has 0 bridgehead atoms. The number of hydrogen-bond acceptors (Lipinski definition) is 1. The number of nitrogens with zero attached hydrogens (tertiary/aromatic N) is 3. The summed E-state index contributed by atoms with van der Waals surface area (Å²) >= 11 is 0. The fraction of sp³-hybridized carbons (Fsp3) is 0.444. The molecule has 0 aliphatic heterocycles. The van der Waals surface area contributed by atoms with Gasteiger partial charge in [0.15, 0.2) is 24.8 Å². The first-order valence-electron chi connectivity index (χ1n) is 13.5. The van der Waals surface area contributed by atoms with Crippen molar-refractivity contribution in [3.05, 3.63) is 67.3 Å². The molecule has 3 heterocycles. The van der Waals surface area contributed by atoms with E-state index in [1.54, 1.807) is 0 Å². The lowest BCUT2D eigenvalue weighted by Crippen LogP contribution is -2.32. The van der Waals surface area contributed by atoms with Crippen LogP contribution in [-0.2, 0) is 13.1 Å². The molecule has 40 heavy (non-hydrogen) atoms. The number of aryl methyl sites for hydroxylation is 2. The van der Waals surface area contributed by atoms with Gasteiger partial charge in [0.25, 0.3) is 0 Å². The van der Waals surface area contributed by atoms with Gasteiger partial charge in [-0.25, -0.2) is 14.1 Å². The van der Waals surface area contributed by atoms with Gasteiger partial charge in [0.2, 0.25) is 0 Å². The third-order valence-corrected chi connectivity index (χ3v) is 5.66. The molecule has 0 saturated carbocycles. The van der Waals surface area contributed by atoms with Crippen molar-refractivity contribution in [3.8, 4) is 22.5 Å². The van der Waals surface area contributed by atoms with Gasteiger partial charge in [-0.1, -0.05) is 45.6 Å². The second-order valence-corrected chi connectivity index (χ2v) is 9.17. The number of unbranched alkanes of at least 4 members (excludes halogenated alkanes) is 6. The van der Waals surface area contributed by atoms with Crippen LogP contribution in [0, 0.1) is 0 Å². The van der Waals surface area contributed by atoms with Crippen molar-refractivity contribution in [2.45, 2.75) is 78.3 Å². The van der Waals surface area contributed by atoms with Gasteiger partial charge in [0.1, 0.15) is 13.1 Å². The van der Waals surface area contributed by atoms with E-state index >= 15 is 0 Å². The molecule has 0 aliphatic carbocycles. The van der Waals surface area contributed by atoms with Crippen LogP contribution in [0.25, 0.3) is 22.5 Å². The maximum absolute atomic E-state index is 9.75. The lowest BCUT2D eigenvalue weighted by atomic mass is 10.1. The van der Waals surface area contributed by atoms with E-state index in [1.807, 2.05) is 0 Å². The molecule has 3 nitrogen and oxygen atoms in total. The normalized spacial score (nSPS) is 11.2. The molecule has 3 aromatic heterocycles. The standard InChI is InChI=1S/C27H37N3.2BF4/c1-3-5-7-9-18-29-20-14-24(15-21-29)26-12-11-13-27(28-26)25-16-22-30(23-17-25)19-10-8-6-4-2;2*2-1(3,4)5/h11-17,20-23H,3-10,18-19H2,1-2H3;;/q+2;2*-1. The van der Waals surface area contributed by atoms with Crippen molar-refractivity contribution < 1.29 is 43.7 Å². The van der Waals surface area contributed by atoms with Gasteiger partial charge in [-0.3, -0.25) is 0 Å². The van der Waals surface area contributed by atoms with E-state index in [4.69, 9.17) is 4.98 Å². The Morgan fingerprint density at radius 1 is 0.525 bits per heavy atom. The van der Waals surface area contributed by atoms with Crippen LogP contribution >= 0.6 is 0 Å².